The summed E-state index contributed by atoms with van der Waals surface area (Å²) >= 11 is 1.63. The van der Waals surface area contributed by atoms with Crippen molar-refractivity contribution in [1.82, 2.24) is 0 Å². The third kappa shape index (κ3) is 4.57. The third-order valence-corrected chi connectivity index (χ3v) is 6.88. The van der Waals surface area contributed by atoms with E-state index in [-0.39, 0.29) is 5.82 Å². The zero-order valence-electron chi connectivity index (χ0n) is 17.0. The number of aliphatic hydroxyl groups is 4. The van der Waals surface area contributed by atoms with Gasteiger partial charge in [-0.2, -0.15) is 0 Å². The summed E-state index contributed by atoms with van der Waals surface area (Å²) in [5.41, 5.74) is 3.75. The molecule has 5 atom stereocenters. The number of ether oxygens (including phenoxy) is 1. The summed E-state index contributed by atoms with van der Waals surface area (Å²) in [7, 11) is 0. The Hall–Kier alpha value is -2.13. The number of halogens is 1. The van der Waals surface area contributed by atoms with Gasteiger partial charge >= 0.3 is 0 Å². The smallest absolute Gasteiger partial charge is 0.123 e. The maximum atomic E-state index is 13.2. The van der Waals surface area contributed by atoms with Gasteiger partial charge in [-0.3, -0.25) is 0 Å². The van der Waals surface area contributed by atoms with Crippen molar-refractivity contribution in [3.63, 3.8) is 0 Å². The Morgan fingerprint density at radius 3 is 2.39 bits per heavy atom. The monoisotopic (exact) mass is 444 g/mol. The van der Waals surface area contributed by atoms with Crippen molar-refractivity contribution in [3.05, 3.63) is 82.0 Å². The number of hydrogen-bond acceptors (Lipinski definition) is 6. The van der Waals surface area contributed by atoms with Gasteiger partial charge in [0.1, 0.15) is 36.3 Å². The maximum absolute atomic E-state index is 13.2. The van der Waals surface area contributed by atoms with Gasteiger partial charge in [-0.05, 0) is 53.4 Å². The Bertz CT molecular complexity index is 1030. The van der Waals surface area contributed by atoms with Crippen LogP contribution in [0, 0.1) is 12.7 Å². The standard InChI is InChI=1S/C24H25FO5S/c1-13-2-3-15(24-23(29)22(28)21(27)19(12-26)30-24)10-16(13)11-18-8-9-20(31-18)14-4-6-17(25)7-5-14/h2-10,19,21-24,26-29H,11-12H2,1H3/t19?,21?,22?,23?,24-/m0/s1. The molecule has 1 aliphatic rings. The molecular weight excluding hydrogens is 419 g/mol. The number of hydrogen-bond donors (Lipinski definition) is 4. The zero-order valence-corrected chi connectivity index (χ0v) is 17.8. The minimum absolute atomic E-state index is 0.263. The molecule has 4 rings (SSSR count). The van der Waals surface area contributed by atoms with Crippen molar-refractivity contribution in [3.8, 4) is 10.4 Å². The molecule has 1 aromatic heterocycles. The Labute approximate surface area is 184 Å². The molecule has 4 unspecified atom stereocenters. The SMILES string of the molecule is Cc1ccc([C@@H]2OC(CO)C(O)C(O)C2O)cc1Cc1ccc(-c2ccc(F)cc2)s1. The van der Waals surface area contributed by atoms with Crippen LogP contribution in [0.1, 0.15) is 27.7 Å². The molecule has 0 saturated carbocycles. The molecule has 0 bridgehead atoms. The lowest BCUT2D eigenvalue weighted by molar-refractivity contribution is -0.231. The summed E-state index contributed by atoms with van der Waals surface area (Å²) in [6.07, 6.45) is -5.21. The van der Waals surface area contributed by atoms with Gasteiger partial charge in [0.25, 0.3) is 0 Å². The van der Waals surface area contributed by atoms with Crippen LogP contribution in [-0.4, -0.2) is 51.4 Å². The highest BCUT2D eigenvalue weighted by Crippen LogP contribution is 2.35. The summed E-state index contributed by atoms with van der Waals surface area (Å²) in [6, 6.07) is 16.2. The molecule has 1 saturated heterocycles. The summed E-state index contributed by atoms with van der Waals surface area (Å²) in [5.74, 6) is -0.263. The van der Waals surface area contributed by atoms with Gasteiger partial charge in [0.15, 0.2) is 0 Å². The second kappa shape index (κ2) is 9.16. The quantitative estimate of drug-likeness (QED) is 0.486. The van der Waals surface area contributed by atoms with Crippen molar-refractivity contribution in [2.24, 2.45) is 0 Å². The average Bonchev–Trinajstić information content (AvgIpc) is 3.23. The van der Waals surface area contributed by atoms with E-state index in [9.17, 15) is 24.8 Å². The van der Waals surface area contributed by atoms with E-state index in [2.05, 4.69) is 0 Å². The van der Waals surface area contributed by atoms with Crippen molar-refractivity contribution >= 4 is 11.3 Å². The van der Waals surface area contributed by atoms with Crippen LogP contribution in [-0.2, 0) is 11.2 Å². The van der Waals surface area contributed by atoms with Crippen LogP contribution in [0.4, 0.5) is 4.39 Å². The fraction of sp³-hybridized carbons (Fsp3) is 0.333. The van der Waals surface area contributed by atoms with Gasteiger partial charge in [-0.1, -0.05) is 30.3 Å². The Balaban J connectivity index is 1.57. The van der Waals surface area contributed by atoms with Crippen LogP contribution in [0.5, 0.6) is 0 Å². The Kier molecular flexibility index (Phi) is 6.52. The predicted molar refractivity (Wildman–Crippen MR) is 116 cm³/mol. The van der Waals surface area contributed by atoms with E-state index >= 15 is 0 Å². The summed E-state index contributed by atoms with van der Waals surface area (Å²) in [5, 5.41) is 40.0. The van der Waals surface area contributed by atoms with Crippen molar-refractivity contribution in [1.29, 1.82) is 0 Å². The van der Waals surface area contributed by atoms with Gasteiger partial charge in [0, 0.05) is 16.2 Å². The van der Waals surface area contributed by atoms with Crippen LogP contribution >= 0.6 is 11.3 Å². The predicted octanol–water partition coefficient (Wildman–Crippen LogP) is 2.97. The maximum Gasteiger partial charge on any atom is 0.123 e. The highest BCUT2D eigenvalue weighted by Gasteiger charge is 2.43. The molecule has 1 fully saturated rings. The van der Waals surface area contributed by atoms with Crippen LogP contribution in [0.3, 0.4) is 0 Å². The molecule has 3 aromatic rings. The Morgan fingerprint density at radius 1 is 0.935 bits per heavy atom. The molecular formula is C24H25FO5S. The van der Waals surface area contributed by atoms with Crippen LogP contribution in [0.15, 0.2) is 54.6 Å². The molecule has 0 amide bonds. The molecule has 31 heavy (non-hydrogen) atoms. The fourth-order valence-corrected chi connectivity index (χ4v) is 4.90. The van der Waals surface area contributed by atoms with Crippen LogP contribution < -0.4 is 0 Å². The number of aryl methyl sites for hydroxylation is 1. The first-order valence-corrected chi connectivity index (χ1v) is 10.9. The molecule has 164 valence electrons. The normalized spacial score (nSPS) is 26.2. The van der Waals surface area contributed by atoms with Crippen molar-refractivity contribution < 1.29 is 29.6 Å². The second-order valence-corrected chi connectivity index (χ2v) is 9.05. The topological polar surface area (TPSA) is 90.2 Å². The number of rotatable bonds is 5. The molecule has 0 aliphatic carbocycles. The number of thiophene rings is 1. The van der Waals surface area contributed by atoms with Gasteiger partial charge in [0.2, 0.25) is 0 Å². The number of aliphatic hydroxyl groups excluding tert-OH is 4. The molecule has 2 heterocycles. The van der Waals surface area contributed by atoms with E-state index in [0.29, 0.717) is 12.0 Å². The second-order valence-electron chi connectivity index (χ2n) is 7.89. The lowest BCUT2D eigenvalue weighted by atomic mass is 9.89. The average molecular weight is 445 g/mol. The van der Waals surface area contributed by atoms with E-state index in [4.69, 9.17) is 4.74 Å². The highest BCUT2D eigenvalue weighted by molar-refractivity contribution is 7.15. The van der Waals surface area contributed by atoms with E-state index in [1.54, 1.807) is 23.5 Å². The van der Waals surface area contributed by atoms with Gasteiger partial charge in [-0.15, -0.1) is 11.3 Å². The van der Waals surface area contributed by atoms with E-state index in [1.807, 2.05) is 37.3 Å². The third-order valence-electron chi connectivity index (χ3n) is 5.75. The van der Waals surface area contributed by atoms with Crippen molar-refractivity contribution in [2.45, 2.75) is 43.9 Å². The summed E-state index contributed by atoms with van der Waals surface area (Å²) < 4.78 is 18.9. The molecule has 1 aliphatic heterocycles. The summed E-state index contributed by atoms with van der Waals surface area (Å²) in [6.45, 7) is 1.54. The first-order chi connectivity index (χ1) is 14.9. The zero-order chi connectivity index (χ0) is 22.1. The van der Waals surface area contributed by atoms with Gasteiger partial charge < -0.3 is 25.2 Å². The minimum Gasteiger partial charge on any atom is -0.394 e. The largest absolute Gasteiger partial charge is 0.394 e. The van der Waals surface area contributed by atoms with E-state index in [0.717, 1.165) is 26.4 Å². The first kappa shape index (κ1) is 22.1. The molecule has 0 spiro atoms. The molecule has 4 N–H and O–H groups in total. The highest BCUT2D eigenvalue weighted by atomic mass is 32.1. The Morgan fingerprint density at radius 2 is 1.68 bits per heavy atom. The van der Waals surface area contributed by atoms with Gasteiger partial charge in [-0.25, -0.2) is 4.39 Å². The lowest BCUT2D eigenvalue weighted by Crippen LogP contribution is -2.55. The number of benzene rings is 2. The lowest BCUT2D eigenvalue weighted by Gasteiger charge is -2.40. The fourth-order valence-electron chi connectivity index (χ4n) is 3.87. The first-order valence-electron chi connectivity index (χ1n) is 10.1. The van der Waals surface area contributed by atoms with Crippen LogP contribution in [0.2, 0.25) is 0 Å². The van der Waals surface area contributed by atoms with Crippen molar-refractivity contribution in [2.75, 3.05) is 6.61 Å². The molecule has 2 aromatic carbocycles. The van der Waals surface area contributed by atoms with E-state index in [1.165, 1.54) is 12.1 Å². The molecule has 5 nitrogen and oxygen atoms in total. The van der Waals surface area contributed by atoms with Crippen LogP contribution in [0.25, 0.3) is 10.4 Å². The minimum atomic E-state index is -1.41. The van der Waals surface area contributed by atoms with E-state index < -0.39 is 37.1 Å². The van der Waals surface area contributed by atoms with Gasteiger partial charge in [0.05, 0.1) is 6.61 Å². The molecule has 7 heteroatoms. The summed E-state index contributed by atoms with van der Waals surface area (Å²) in [4.78, 5) is 2.19. The molecule has 0 radical (unpaired) electrons.